The van der Waals surface area contributed by atoms with E-state index in [4.69, 9.17) is 22.3 Å². The number of hydrogen-bond donors (Lipinski definition) is 0. The van der Waals surface area contributed by atoms with E-state index >= 15 is 0 Å². The topological polar surface area (TPSA) is 80.8 Å². The maximum Gasteiger partial charge on any atom is 0.337 e. The van der Waals surface area contributed by atoms with Crippen LogP contribution in [0.2, 0.25) is 5.02 Å². The smallest absolute Gasteiger partial charge is 0.337 e. The molecule has 1 aromatic carbocycles. The highest BCUT2D eigenvalue weighted by Gasteiger charge is 2.38. The molecule has 1 amide bonds. The van der Waals surface area contributed by atoms with Gasteiger partial charge in [-0.1, -0.05) is 11.6 Å². The molecule has 0 N–H and O–H groups in total. The lowest BCUT2D eigenvalue weighted by Crippen LogP contribution is -2.27. The lowest BCUT2D eigenvalue weighted by molar-refractivity contribution is -0.117. The first-order valence-corrected chi connectivity index (χ1v) is 8.60. The fraction of sp³-hybridized carbons (Fsp3) is 0.333. The minimum absolute atomic E-state index is 0.0778. The molecule has 0 aliphatic carbocycles. The summed E-state index contributed by atoms with van der Waals surface area (Å²) in [5.41, 5.74) is 0.501. The molecule has 9 heteroatoms. The molecule has 0 radical (unpaired) electrons. The predicted molar refractivity (Wildman–Crippen MR) is 78.3 cm³/mol. The standard InChI is InChI=1S/C12H11Cl2NO5S/c1-20-12(17)7-2-8(13)4-9(3-7)15-6-10(5-11(15)16)21(14,18)19/h2-4,10H,5-6H2,1H3. The van der Waals surface area contributed by atoms with Gasteiger partial charge in [0.15, 0.2) is 0 Å². The van der Waals surface area contributed by atoms with Gasteiger partial charge in [0.25, 0.3) is 0 Å². The van der Waals surface area contributed by atoms with Gasteiger partial charge in [0.1, 0.15) is 5.25 Å². The van der Waals surface area contributed by atoms with Gasteiger partial charge in [-0.05, 0) is 18.2 Å². The van der Waals surface area contributed by atoms with Crippen molar-refractivity contribution >= 4 is 48.9 Å². The number of methoxy groups -OCH3 is 1. The van der Waals surface area contributed by atoms with Crippen LogP contribution in [0.3, 0.4) is 0 Å². The van der Waals surface area contributed by atoms with Crippen molar-refractivity contribution < 1.29 is 22.7 Å². The van der Waals surface area contributed by atoms with Crippen molar-refractivity contribution in [3.63, 3.8) is 0 Å². The molecule has 21 heavy (non-hydrogen) atoms. The largest absolute Gasteiger partial charge is 0.465 e. The zero-order valence-corrected chi connectivity index (χ0v) is 13.2. The highest BCUT2D eigenvalue weighted by atomic mass is 35.7. The number of rotatable bonds is 3. The maximum atomic E-state index is 11.9. The molecule has 0 bridgehead atoms. The van der Waals surface area contributed by atoms with Crippen molar-refractivity contribution in [3.8, 4) is 0 Å². The Morgan fingerprint density at radius 3 is 2.57 bits per heavy atom. The molecule has 0 aromatic heterocycles. The summed E-state index contributed by atoms with van der Waals surface area (Å²) in [6.45, 7) is -0.0778. The summed E-state index contributed by atoms with van der Waals surface area (Å²) < 4.78 is 27.3. The number of hydrogen-bond acceptors (Lipinski definition) is 5. The summed E-state index contributed by atoms with van der Waals surface area (Å²) in [5.74, 6) is -1.01. The third-order valence-corrected chi connectivity index (χ3v) is 5.19. The van der Waals surface area contributed by atoms with Gasteiger partial charge >= 0.3 is 5.97 Å². The van der Waals surface area contributed by atoms with E-state index in [0.717, 1.165) is 0 Å². The first kappa shape index (κ1) is 16.1. The Morgan fingerprint density at radius 1 is 1.38 bits per heavy atom. The van der Waals surface area contributed by atoms with Crippen LogP contribution in [-0.4, -0.2) is 39.2 Å². The number of ether oxygens (including phenoxy) is 1. The van der Waals surface area contributed by atoms with E-state index in [0.29, 0.717) is 5.69 Å². The van der Waals surface area contributed by atoms with Crippen LogP contribution in [0, 0.1) is 0 Å². The van der Waals surface area contributed by atoms with E-state index in [2.05, 4.69) is 4.74 Å². The Bertz CT molecular complexity index is 704. The lowest BCUT2D eigenvalue weighted by atomic mass is 10.2. The van der Waals surface area contributed by atoms with Crippen LogP contribution < -0.4 is 4.90 Å². The van der Waals surface area contributed by atoms with Crippen molar-refractivity contribution in [2.45, 2.75) is 11.7 Å². The van der Waals surface area contributed by atoms with E-state index in [1.54, 1.807) is 0 Å². The third kappa shape index (κ3) is 3.48. The highest BCUT2D eigenvalue weighted by molar-refractivity contribution is 8.14. The Balaban J connectivity index is 2.37. The van der Waals surface area contributed by atoms with Crippen LogP contribution in [0.1, 0.15) is 16.8 Å². The highest BCUT2D eigenvalue weighted by Crippen LogP contribution is 2.29. The van der Waals surface area contributed by atoms with E-state index in [1.807, 2.05) is 0 Å². The van der Waals surface area contributed by atoms with Gasteiger partial charge in [-0.3, -0.25) is 4.79 Å². The van der Waals surface area contributed by atoms with Crippen molar-refractivity contribution in [1.29, 1.82) is 0 Å². The maximum absolute atomic E-state index is 11.9. The molecule has 1 unspecified atom stereocenters. The average Bonchev–Trinajstić information content (AvgIpc) is 2.79. The average molecular weight is 352 g/mol. The number of nitrogens with zero attached hydrogens (tertiary/aromatic N) is 1. The number of benzene rings is 1. The van der Waals surface area contributed by atoms with Crippen molar-refractivity contribution in [1.82, 2.24) is 0 Å². The molecule has 0 saturated carbocycles. The fourth-order valence-corrected chi connectivity index (χ4v) is 3.33. The molecule has 1 fully saturated rings. The molecule has 0 spiro atoms. The zero-order chi connectivity index (χ0) is 15.8. The van der Waals surface area contributed by atoms with Crippen LogP contribution in [0.25, 0.3) is 0 Å². The van der Waals surface area contributed by atoms with Gasteiger partial charge < -0.3 is 9.64 Å². The zero-order valence-electron chi connectivity index (χ0n) is 10.9. The number of carbonyl (C=O) groups is 2. The molecule has 6 nitrogen and oxygen atoms in total. The summed E-state index contributed by atoms with van der Waals surface area (Å²) in [5, 5.41) is -0.745. The van der Waals surface area contributed by atoms with Gasteiger partial charge in [-0.2, -0.15) is 0 Å². The van der Waals surface area contributed by atoms with E-state index in [9.17, 15) is 18.0 Å². The second kappa shape index (κ2) is 5.82. The van der Waals surface area contributed by atoms with Gasteiger partial charge in [0, 0.05) is 34.4 Å². The summed E-state index contributed by atoms with van der Waals surface area (Å²) in [6, 6.07) is 4.28. The monoisotopic (exact) mass is 351 g/mol. The van der Waals surface area contributed by atoms with Crippen LogP contribution in [-0.2, 0) is 18.6 Å². The molecule has 1 aliphatic heterocycles. The quantitative estimate of drug-likeness (QED) is 0.612. The second-order valence-corrected chi connectivity index (χ2v) is 7.84. The molecule has 1 aromatic rings. The lowest BCUT2D eigenvalue weighted by Gasteiger charge is -2.17. The summed E-state index contributed by atoms with van der Waals surface area (Å²) in [7, 11) is 2.68. The first-order chi connectivity index (χ1) is 9.72. The van der Waals surface area contributed by atoms with E-state index < -0.39 is 26.2 Å². The number of halogens is 2. The Kier molecular flexibility index (Phi) is 4.46. The van der Waals surface area contributed by atoms with Gasteiger partial charge in [-0.25, -0.2) is 13.2 Å². The molecule has 1 aliphatic rings. The Labute approximate surface area is 131 Å². The van der Waals surface area contributed by atoms with Crippen molar-refractivity contribution in [2.24, 2.45) is 0 Å². The number of anilines is 1. The summed E-state index contributed by atoms with van der Waals surface area (Å²) >= 11 is 5.91. The van der Waals surface area contributed by atoms with Crippen LogP contribution >= 0.6 is 22.3 Å². The second-order valence-electron chi connectivity index (χ2n) is 4.50. The van der Waals surface area contributed by atoms with Crippen molar-refractivity contribution in [2.75, 3.05) is 18.6 Å². The number of carbonyl (C=O) groups excluding carboxylic acids is 2. The predicted octanol–water partition coefficient (Wildman–Crippen LogP) is 1.80. The molecular formula is C12H11Cl2NO5S. The summed E-state index contributed by atoms with van der Waals surface area (Å²) in [6.07, 6.45) is -0.202. The van der Waals surface area contributed by atoms with Crippen LogP contribution in [0.4, 0.5) is 5.69 Å². The molecule has 114 valence electrons. The van der Waals surface area contributed by atoms with Crippen LogP contribution in [0.5, 0.6) is 0 Å². The van der Waals surface area contributed by atoms with E-state index in [1.165, 1.54) is 30.2 Å². The minimum Gasteiger partial charge on any atom is -0.465 e. The number of amides is 1. The van der Waals surface area contributed by atoms with Gasteiger partial charge in [0.2, 0.25) is 15.0 Å². The number of esters is 1. The summed E-state index contributed by atoms with van der Waals surface area (Å²) in [4.78, 5) is 24.7. The van der Waals surface area contributed by atoms with Gasteiger partial charge in [0.05, 0.1) is 12.7 Å². The molecule has 1 atom stereocenters. The molecule has 1 saturated heterocycles. The Hall–Kier alpha value is -1.31. The molecular weight excluding hydrogens is 341 g/mol. The Morgan fingerprint density at radius 2 is 2.05 bits per heavy atom. The first-order valence-electron chi connectivity index (χ1n) is 5.85. The van der Waals surface area contributed by atoms with E-state index in [-0.39, 0.29) is 23.6 Å². The normalized spacial score (nSPS) is 18.9. The SMILES string of the molecule is COC(=O)c1cc(Cl)cc(N2CC(S(=O)(=O)Cl)CC2=O)c1. The molecule has 2 rings (SSSR count). The fourth-order valence-electron chi connectivity index (χ4n) is 2.08. The third-order valence-electron chi connectivity index (χ3n) is 3.10. The van der Waals surface area contributed by atoms with Crippen LogP contribution in [0.15, 0.2) is 18.2 Å². The molecule has 1 heterocycles. The van der Waals surface area contributed by atoms with Gasteiger partial charge in [-0.15, -0.1) is 0 Å². The minimum atomic E-state index is -3.83. The van der Waals surface area contributed by atoms with Crippen molar-refractivity contribution in [3.05, 3.63) is 28.8 Å².